The maximum Gasteiger partial charge on any atom is 0.180 e. The highest BCUT2D eigenvalue weighted by atomic mass is 32.1. The Balaban J connectivity index is 1.62. The average Bonchev–Trinajstić information content (AvgIpc) is 2.99. The Morgan fingerprint density at radius 3 is 2.67 bits per heavy atom. The monoisotopic (exact) mass is 348 g/mol. The van der Waals surface area contributed by atoms with Crippen LogP contribution in [0.4, 0.5) is 10.8 Å². The van der Waals surface area contributed by atoms with Crippen LogP contribution in [-0.4, -0.2) is 43.2 Å². The van der Waals surface area contributed by atoms with Crippen molar-refractivity contribution in [3.63, 3.8) is 0 Å². The molecule has 3 rings (SSSR count). The number of anilines is 2. The van der Waals surface area contributed by atoms with Gasteiger partial charge < -0.3 is 20.5 Å². The molecular formula is C17H24N4O2S. The fraction of sp³-hybridized carbons (Fsp3) is 0.471. The highest BCUT2D eigenvalue weighted by molar-refractivity contribution is 7.15. The predicted molar refractivity (Wildman–Crippen MR) is 98.0 cm³/mol. The fourth-order valence-corrected chi connectivity index (χ4v) is 3.79. The van der Waals surface area contributed by atoms with E-state index in [0.29, 0.717) is 11.2 Å². The first-order valence-electron chi connectivity index (χ1n) is 8.08. The van der Waals surface area contributed by atoms with Crippen LogP contribution in [0, 0.1) is 0 Å². The van der Waals surface area contributed by atoms with Gasteiger partial charge in [0.15, 0.2) is 5.13 Å². The molecule has 1 aliphatic heterocycles. The van der Waals surface area contributed by atoms with Crippen LogP contribution in [0.5, 0.6) is 11.5 Å². The minimum Gasteiger partial charge on any atom is -0.497 e. The lowest BCUT2D eigenvalue weighted by molar-refractivity contribution is 0.210. The first-order chi connectivity index (χ1) is 11.7. The van der Waals surface area contributed by atoms with Crippen molar-refractivity contribution in [1.29, 1.82) is 0 Å². The van der Waals surface area contributed by atoms with Gasteiger partial charge in [-0.05, 0) is 19.4 Å². The number of ether oxygens (including phenoxy) is 2. The molecule has 1 unspecified atom stereocenters. The molecule has 3 N–H and O–H groups in total. The molecule has 0 bridgehead atoms. The summed E-state index contributed by atoms with van der Waals surface area (Å²) in [5.74, 6) is 1.59. The van der Waals surface area contributed by atoms with Gasteiger partial charge >= 0.3 is 0 Å². The number of benzene rings is 1. The van der Waals surface area contributed by atoms with Crippen LogP contribution in [0.2, 0.25) is 0 Å². The van der Waals surface area contributed by atoms with Crippen LogP contribution in [0.25, 0.3) is 0 Å². The summed E-state index contributed by atoms with van der Waals surface area (Å²) >= 11 is 1.57. The zero-order valence-corrected chi connectivity index (χ0v) is 14.9. The van der Waals surface area contributed by atoms with Crippen LogP contribution >= 0.6 is 11.3 Å². The molecule has 24 heavy (non-hydrogen) atoms. The van der Waals surface area contributed by atoms with Crippen LogP contribution in [-0.2, 0) is 6.54 Å². The Labute approximate surface area is 146 Å². The molecule has 0 radical (unpaired) electrons. The van der Waals surface area contributed by atoms with Gasteiger partial charge in [-0.25, -0.2) is 4.98 Å². The summed E-state index contributed by atoms with van der Waals surface area (Å²) in [6.07, 6.45) is 4.21. The first-order valence-corrected chi connectivity index (χ1v) is 8.90. The van der Waals surface area contributed by atoms with Gasteiger partial charge in [0.25, 0.3) is 0 Å². The zero-order chi connectivity index (χ0) is 16.9. The Morgan fingerprint density at radius 2 is 2.04 bits per heavy atom. The van der Waals surface area contributed by atoms with Crippen molar-refractivity contribution in [3.8, 4) is 11.5 Å². The molecule has 1 atom stereocenters. The van der Waals surface area contributed by atoms with E-state index in [1.807, 2.05) is 24.4 Å². The molecule has 1 aromatic heterocycles. The standard InChI is InChI=1S/C17H24N4O2S/c1-22-14-6-13(7-15(8-14)23-2)20-12-4-3-5-21(10-12)11-16-9-19-17(18)24-16/h6-9,12,20H,3-5,10-11H2,1-2H3,(H2,18,19). The van der Waals surface area contributed by atoms with Gasteiger partial charge in [-0.3, -0.25) is 4.90 Å². The molecule has 1 fully saturated rings. The van der Waals surface area contributed by atoms with Crippen LogP contribution in [0.15, 0.2) is 24.4 Å². The van der Waals surface area contributed by atoms with E-state index in [1.165, 1.54) is 11.3 Å². The number of thiazole rings is 1. The molecule has 2 heterocycles. The number of hydrogen-bond acceptors (Lipinski definition) is 7. The second-order valence-electron chi connectivity index (χ2n) is 5.98. The van der Waals surface area contributed by atoms with E-state index < -0.39 is 0 Å². The van der Waals surface area contributed by atoms with Gasteiger partial charge in [-0.15, -0.1) is 11.3 Å². The van der Waals surface area contributed by atoms with Gasteiger partial charge in [0.2, 0.25) is 0 Å². The minimum absolute atomic E-state index is 0.404. The van der Waals surface area contributed by atoms with E-state index in [0.717, 1.165) is 43.2 Å². The quantitative estimate of drug-likeness (QED) is 0.836. The summed E-state index contributed by atoms with van der Waals surface area (Å²) in [6.45, 7) is 3.02. The van der Waals surface area contributed by atoms with Crippen molar-refractivity contribution in [3.05, 3.63) is 29.3 Å². The van der Waals surface area contributed by atoms with Gasteiger partial charge in [-0.1, -0.05) is 0 Å². The summed E-state index contributed by atoms with van der Waals surface area (Å²) in [7, 11) is 3.34. The molecule has 0 saturated carbocycles. The SMILES string of the molecule is COc1cc(NC2CCCN(Cc3cnc(N)s3)C2)cc(OC)c1. The molecule has 1 saturated heterocycles. The zero-order valence-electron chi connectivity index (χ0n) is 14.1. The molecule has 7 heteroatoms. The molecule has 1 aromatic carbocycles. The number of piperidine rings is 1. The highest BCUT2D eigenvalue weighted by Crippen LogP contribution is 2.27. The lowest BCUT2D eigenvalue weighted by Gasteiger charge is -2.33. The van der Waals surface area contributed by atoms with Crippen molar-refractivity contribution in [1.82, 2.24) is 9.88 Å². The Morgan fingerprint density at radius 1 is 1.29 bits per heavy atom. The highest BCUT2D eigenvalue weighted by Gasteiger charge is 2.20. The van der Waals surface area contributed by atoms with E-state index >= 15 is 0 Å². The number of rotatable bonds is 6. The summed E-state index contributed by atoms with van der Waals surface area (Å²) in [6, 6.07) is 6.30. The maximum atomic E-state index is 5.72. The second kappa shape index (κ2) is 7.72. The van der Waals surface area contributed by atoms with E-state index in [1.54, 1.807) is 25.6 Å². The molecular weight excluding hydrogens is 324 g/mol. The Kier molecular flexibility index (Phi) is 5.42. The largest absolute Gasteiger partial charge is 0.497 e. The van der Waals surface area contributed by atoms with Crippen molar-refractivity contribution < 1.29 is 9.47 Å². The van der Waals surface area contributed by atoms with Crippen LogP contribution in [0.1, 0.15) is 17.7 Å². The first kappa shape index (κ1) is 16.9. The molecule has 130 valence electrons. The van der Waals surface area contributed by atoms with Gasteiger partial charge in [0, 0.05) is 54.1 Å². The molecule has 1 aliphatic rings. The normalized spacial score (nSPS) is 18.3. The number of nitrogens with one attached hydrogen (secondary N) is 1. The lowest BCUT2D eigenvalue weighted by Crippen LogP contribution is -2.41. The third-order valence-electron chi connectivity index (χ3n) is 4.18. The topological polar surface area (TPSA) is 72.6 Å². The number of likely N-dealkylation sites (tertiary alicyclic amines) is 1. The number of hydrogen-bond donors (Lipinski definition) is 2. The number of nitrogens with two attached hydrogens (primary N) is 1. The van der Waals surface area contributed by atoms with E-state index in [4.69, 9.17) is 15.2 Å². The van der Waals surface area contributed by atoms with Crippen molar-refractivity contribution in [2.45, 2.75) is 25.4 Å². The van der Waals surface area contributed by atoms with Gasteiger partial charge in [0.1, 0.15) is 11.5 Å². The maximum absolute atomic E-state index is 5.72. The van der Waals surface area contributed by atoms with Crippen molar-refractivity contribution in [2.75, 3.05) is 38.4 Å². The van der Waals surface area contributed by atoms with Crippen molar-refractivity contribution in [2.24, 2.45) is 0 Å². The fourth-order valence-electron chi connectivity index (χ4n) is 3.06. The van der Waals surface area contributed by atoms with E-state index in [2.05, 4.69) is 15.2 Å². The molecule has 0 amide bonds. The minimum atomic E-state index is 0.404. The van der Waals surface area contributed by atoms with Gasteiger partial charge in [0.05, 0.1) is 14.2 Å². The average molecular weight is 348 g/mol. The number of nitrogens with zero attached hydrogens (tertiary/aromatic N) is 2. The van der Waals surface area contributed by atoms with E-state index in [9.17, 15) is 0 Å². The number of methoxy groups -OCH3 is 2. The summed E-state index contributed by atoms with van der Waals surface area (Å²) < 4.78 is 10.7. The second-order valence-corrected chi connectivity index (χ2v) is 7.13. The summed E-state index contributed by atoms with van der Waals surface area (Å²) in [4.78, 5) is 7.80. The molecule has 0 spiro atoms. The summed E-state index contributed by atoms with van der Waals surface area (Å²) in [5.41, 5.74) is 6.75. The number of aromatic nitrogens is 1. The smallest absolute Gasteiger partial charge is 0.180 e. The predicted octanol–water partition coefficient (Wildman–Crippen LogP) is 2.82. The number of nitrogen functional groups attached to an aromatic ring is 1. The van der Waals surface area contributed by atoms with Crippen LogP contribution in [0.3, 0.4) is 0 Å². The van der Waals surface area contributed by atoms with Crippen molar-refractivity contribution >= 4 is 22.2 Å². The van der Waals surface area contributed by atoms with E-state index in [-0.39, 0.29) is 0 Å². The lowest BCUT2D eigenvalue weighted by atomic mass is 10.1. The molecule has 0 aliphatic carbocycles. The summed E-state index contributed by atoms with van der Waals surface area (Å²) in [5, 5.41) is 4.25. The van der Waals surface area contributed by atoms with Crippen LogP contribution < -0.4 is 20.5 Å². The third-order valence-corrected chi connectivity index (χ3v) is 4.99. The Hall–Kier alpha value is -1.99. The molecule has 6 nitrogen and oxygen atoms in total. The Bertz CT molecular complexity index is 654. The molecule has 2 aromatic rings. The van der Waals surface area contributed by atoms with Gasteiger partial charge in [-0.2, -0.15) is 0 Å². The third kappa shape index (κ3) is 4.30.